The minimum absolute atomic E-state index is 0.0258. The van der Waals surface area contributed by atoms with Crippen molar-refractivity contribution >= 4 is 28.6 Å². The van der Waals surface area contributed by atoms with Crippen LogP contribution in [-0.2, 0) is 26.6 Å². The summed E-state index contributed by atoms with van der Waals surface area (Å²) < 4.78 is 100. The van der Waals surface area contributed by atoms with Crippen LogP contribution in [0.5, 0.6) is 0 Å². The number of carbonyl (C=O) groups excluding carboxylic acids is 2. The van der Waals surface area contributed by atoms with Gasteiger partial charge in [0.2, 0.25) is 5.76 Å². The van der Waals surface area contributed by atoms with E-state index >= 15 is 0 Å². The van der Waals surface area contributed by atoms with Crippen molar-refractivity contribution in [1.82, 2.24) is 0 Å². The summed E-state index contributed by atoms with van der Waals surface area (Å²) in [6.07, 6.45) is -9.06. The zero-order valence-electron chi connectivity index (χ0n) is 20.2. The van der Waals surface area contributed by atoms with Crippen LogP contribution in [0.25, 0.3) is 11.0 Å². The number of nitrogens with two attached hydrogens (primary N) is 1. The number of nitriles is 1. The van der Waals surface area contributed by atoms with Gasteiger partial charge in [-0.3, -0.25) is 0 Å². The Balaban J connectivity index is 0.000000329. The molecule has 3 aromatic rings. The van der Waals surface area contributed by atoms with Crippen LogP contribution in [0.4, 0.5) is 36.4 Å². The largest absolute Gasteiger partial charge is 0.464 e. The Labute approximate surface area is 216 Å². The fourth-order valence-corrected chi connectivity index (χ4v) is 2.63. The number of rotatable bonds is 4. The van der Waals surface area contributed by atoms with Crippen LogP contribution in [0.1, 0.15) is 41.1 Å². The number of hydrogen-bond acceptors (Lipinski definition) is 8. The van der Waals surface area contributed by atoms with Crippen molar-refractivity contribution in [3.05, 3.63) is 64.7 Å². The van der Waals surface area contributed by atoms with Gasteiger partial charge in [-0.15, -0.1) is 0 Å². The summed E-state index contributed by atoms with van der Waals surface area (Å²) in [5.41, 5.74) is 3.17. The Kier molecular flexibility index (Phi) is 11.7. The van der Waals surface area contributed by atoms with Crippen LogP contribution < -0.4 is 5.73 Å². The van der Waals surface area contributed by atoms with Gasteiger partial charge in [0.15, 0.2) is 0 Å². The van der Waals surface area contributed by atoms with Crippen LogP contribution in [0, 0.1) is 17.1 Å². The predicted octanol–water partition coefficient (Wildman–Crippen LogP) is 5.47. The monoisotopic (exact) mass is 566 g/mol. The first-order chi connectivity index (χ1) is 18.1. The second-order valence-corrected chi connectivity index (χ2v) is 7.04. The van der Waals surface area contributed by atoms with Gasteiger partial charge in [0.05, 0.1) is 35.6 Å². The molecular weight excluding hydrogens is 545 g/mol. The first-order valence-corrected chi connectivity index (χ1v) is 10.7. The smallest absolute Gasteiger partial charge is 0.416 e. The fourth-order valence-electron chi connectivity index (χ4n) is 2.63. The molecule has 2 aromatic carbocycles. The van der Waals surface area contributed by atoms with Crippen molar-refractivity contribution in [3.8, 4) is 6.07 Å². The van der Waals surface area contributed by atoms with Crippen molar-refractivity contribution < 1.29 is 59.3 Å². The Bertz CT molecular complexity index is 1330. The molecule has 0 spiro atoms. The maximum absolute atomic E-state index is 12.7. The average Bonchev–Trinajstić information content (AvgIpc) is 3.20. The average molecular weight is 566 g/mol. The molecule has 8 nitrogen and oxygen atoms in total. The highest BCUT2D eigenvalue weighted by Crippen LogP contribution is 2.35. The molecule has 0 radical (unpaired) electrons. The summed E-state index contributed by atoms with van der Waals surface area (Å²) in [4.78, 5) is 21.4. The molecule has 0 aliphatic rings. The summed E-state index contributed by atoms with van der Waals surface area (Å²) in [5, 5.41) is 16.5. The lowest BCUT2D eigenvalue weighted by Crippen LogP contribution is -2.07. The van der Waals surface area contributed by atoms with E-state index in [0.29, 0.717) is 18.7 Å². The molecule has 39 heavy (non-hydrogen) atoms. The van der Waals surface area contributed by atoms with Crippen LogP contribution in [0.3, 0.4) is 0 Å². The second-order valence-electron chi connectivity index (χ2n) is 7.04. The van der Waals surface area contributed by atoms with Crippen LogP contribution in [-0.4, -0.2) is 36.9 Å². The quantitative estimate of drug-likeness (QED) is 0.314. The fraction of sp³-hybridized carbons (Fsp3) is 0.292. The summed E-state index contributed by atoms with van der Waals surface area (Å²) in [5.74, 6) is -2.80. The number of nitrogens with zero attached hydrogens (tertiary/aromatic N) is 1. The molecule has 3 rings (SSSR count). The predicted molar refractivity (Wildman–Crippen MR) is 121 cm³/mol. The molecule has 0 saturated carbocycles. The van der Waals surface area contributed by atoms with Crippen LogP contribution in [0.15, 0.2) is 40.8 Å². The van der Waals surface area contributed by atoms with Gasteiger partial charge in [-0.25, -0.2) is 14.0 Å². The molecule has 0 fully saturated rings. The van der Waals surface area contributed by atoms with Crippen LogP contribution >= 0.6 is 0 Å². The lowest BCUT2D eigenvalue weighted by atomic mass is 10.1. The molecule has 1 aromatic heterocycles. The molecule has 3 N–H and O–H groups in total. The SMILES string of the molecule is CCOC(=O)CO.CCOC(=O)c1oc2cc(C(F)(F)F)ccc2c1N.N#Cc1ccc(C(F)(F)F)cc1F. The molecule has 0 atom stereocenters. The molecule has 0 aliphatic carbocycles. The van der Waals surface area contributed by atoms with Crippen molar-refractivity contribution in [1.29, 1.82) is 5.26 Å². The first kappa shape index (κ1) is 32.7. The van der Waals surface area contributed by atoms with E-state index in [1.807, 2.05) is 0 Å². The number of halogens is 7. The third kappa shape index (κ3) is 9.49. The minimum atomic E-state index is -4.57. The third-order valence-corrected chi connectivity index (χ3v) is 4.37. The first-order valence-electron chi connectivity index (χ1n) is 10.7. The summed E-state index contributed by atoms with van der Waals surface area (Å²) in [7, 11) is 0. The number of esters is 2. The van der Waals surface area contributed by atoms with E-state index in [2.05, 4.69) is 4.74 Å². The van der Waals surface area contributed by atoms with Gasteiger partial charge in [0.1, 0.15) is 24.1 Å². The number of aliphatic hydroxyl groups is 1. The number of anilines is 1. The Morgan fingerprint density at radius 2 is 1.51 bits per heavy atom. The molecule has 0 aliphatic heterocycles. The summed E-state index contributed by atoms with van der Waals surface area (Å²) >= 11 is 0. The van der Waals surface area contributed by atoms with E-state index in [0.717, 1.165) is 18.2 Å². The molecule has 0 unspecified atom stereocenters. The van der Waals surface area contributed by atoms with E-state index in [1.165, 1.54) is 12.1 Å². The Hall–Kier alpha value is -4.32. The normalized spacial score (nSPS) is 10.9. The molecule has 0 saturated heterocycles. The maximum atomic E-state index is 12.7. The summed E-state index contributed by atoms with van der Waals surface area (Å²) in [6, 6.07) is 6.05. The second kappa shape index (κ2) is 14.0. The van der Waals surface area contributed by atoms with Gasteiger partial charge in [0, 0.05) is 5.39 Å². The standard InChI is InChI=1S/C12H10F3NO3.C8H3F4N.C4H8O3/c1-2-18-11(17)10-9(16)7-4-3-6(12(13,14)15)5-8(7)19-10;9-7-3-6(8(10,11)12)2-1-5(7)4-13;1-2-7-4(6)3-5/h3-5H,2,16H2,1H3;1-3H;5H,2-3H2,1H3. The number of furan rings is 1. The van der Waals surface area contributed by atoms with E-state index in [1.54, 1.807) is 13.8 Å². The van der Waals surface area contributed by atoms with E-state index in [9.17, 15) is 40.3 Å². The minimum Gasteiger partial charge on any atom is -0.464 e. The molecule has 0 amide bonds. The Morgan fingerprint density at radius 1 is 0.974 bits per heavy atom. The number of carbonyl (C=O) groups is 2. The zero-order valence-corrected chi connectivity index (χ0v) is 20.2. The van der Waals surface area contributed by atoms with Gasteiger partial charge >= 0.3 is 24.3 Å². The highest BCUT2D eigenvalue weighted by molar-refractivity contribution is 6.03. The highest BCUT2D eigenvalue weighted by Gasteiger charge is 2.32. The number of hydrogen-bond donors (Lipinski definition) is 2. The zero-order chi connectivity index (χ0) is 30.0. The van der Waals surface area contributed by atoms with Crippen LogP contribution in [0.2, 0.25) is 0 Å². The summed E-state index contributed by atoms with van der Waals surface area (Å²) in [6.45, 7) is 3.21. The number of ether oxygens (including phenoxy) is 2. The van der Waals surface area contributed by atoms with Gasteiger partial charge in [-0.05, 0) is 50.2 Å². The molecule has 15 heteroatoms. The van der Waals surface area contributed by atoms with Gasteiger partial charge in [0.25, 0.3) is 0 Å². The van der Waals surface area contributed by atoms with Crippen molar-refractivity contribution in [2.24, 2.45) is 0 Å². The third-order valence-electron chi connectivity index (χ3n) is 4.37. The molecule has 1 heterocycles. The van der Waals surface area contributed by atoms with E-state index in [4.69, 9.17) is 25.3 Å². The lowest BCUT2D eigenvalue weighted by Gasteiger charge is -2.05. The number of fused-ring (bicyclic) bond motifs is 1. The Morgan fingerprint density at radius 3 is 1.95 bits per heavy atom. The molecule has 212 valence electrons. The van der Waals surface area contributed by atoms with Gasteiger partial charge in [-0.2, -0.15) is 31.6 Å². The molecule has 0 bridgehead atoms. The van der Waals surface area contributed by atoms with Crippen molar-refractivity contribution in [2.75, 3.05) is 25.6 Å². The lowest BCUT2D eigenvalue weighted by molar-refractivity contribution is -0.146. The molecular formula is C24H21F7N2O6. The number of aliphatic hydroxyl groups excluding tert-OH is 1. The van der Waals surface area contributed by atoms with E-state index < -0.39 is 53.4 Å². The highest BCUT2D eigenvalue weighted by atomic mass is 19.4. The number of nitrogen functional groups attached to an aromatic ring is 1. The van der Waals surface area contributed by atoms with Crippen molar-refractivity contribution in [2.45, 2.75) is 26.2 Å². The number of benzene rings is 2. The van der Waals surface area contributed by atoms with Gasteiger partial charge in [-0.1, -0.05) is 0 Å². The van der Waals surface area contributed by atoms with Gasteiger partial charge < -0.3 is 24.7 Å². The van der Waals surface area contributed by atoms with E-state index in [-0.39, 0.29) is 29.0 Å². The number of alkyl halides is 6. The van der Waals surface area contributed by atoms with Crippen molar-refractivity contribution in [3.63, 3.8) is 0 Å². The topological polar surface area (TPSA) is 136 Å². The maximum Gasteiger partial charge on any atom is 0.416 e.